The lowest BCUT2D eigenvalue weighted by Gasteiger charge is -2.31. The molecule has 1 aromatic carbocycles. The predicted molar refractivity (Wildman–Crippen MR) is 98.0 cm³/mol. The van der Waals surface area contributed by atoms with Crippen molar-refractivity contribution < 1.29 is 19.4 Å². The van der Waals surface area contributed by atoms with Gasteiger partial charge in [0, 0.05) is 33.2 Å². The molecule has 27 heavy (non-hydrogen) atoms. The van der Waals surface area contributed by atoms with E-state index in [9.17, 15) is 14.7 Å². The number of amides is 3. The Morgan fingerprint density at radius 3 is 2.56 bits per heavy atom. The molecule has 0 spiro atoms. The number of hydrogen-bond acceptors (Lipinski definition) is 5. The highest BCUT2D eigenvalue weighted by atomic mass is 16.5. The summed E-state index contributed by atoms with van der Waals surface area (Å²) in [5.74, 6) is 0.111. The zero-order valence-electron chi connectivity index (χ0n) is 15.4. The highest BCUT2D eigenvalue weighted by Crippen LogP contribution is 2.35. The topological polar surface area (TPSA) is 85.4 Å². The molecule has 1 saturated heterocycles. The van der Waals surface area contributed by atoms with Gasteiger partial charge >= 0.3 is 6.03 Å². The maximum absolute atomic E-state index is 13.1. The Morgan fingerprint density at radius 1 is 1.15 bits per heavy atom. The van der Waals surface area contributed by atoms with E-state index in [1.54, 1.807) is 31.3 Å². The van der Waals surface area contributed by atoms with Crippen LogP contribution in [0.25, 0.3) is 0 Å². The second-order valence-corrected chi connectivity index (χ2v) is 7.07. The van der Waals surface area contributed by atoms with Gasteiger partial charge in [0.15, 0.2) is 0 Å². The third-order valence-electron chi connectivity index (χ3n) is 5.45. The highest BCUT2D eigenvalue weighted by molar-refractivity contribution is 6.01. The van der Waals surface area contributed by atoms with Crippen LogP contribution >= 0.6 is 0 Å². The van der Waals surface area contributed by atoms with E-state index in [2.05, 4.69) is 10.2 Å². The Kier molecular flexibility index (Phi) is 4.75. The van der Waals surface area contributed by atoms with Gasteiger partial charge in [0.2, 0.25) is 0 Å². The molecule has 0 saturated carbocycles. The van der Waals surface area contributed by atoms with Gasteiger partial charge in [-0.15, -0.1) is 0 Å². The average molecular weight is 372 g/mol. The molecule has 0 aliphatic carbocycles. The lowest BCUT2D eigenvalue weighted by molar-refractivity contribution is -0.126. The number of carbonyl (C=O) groups is 2. The first-order valence-corrected chi connectivity index (χ1v) is 9.20. The van der Waals surface area contributed by atoms with E-state index in [4.69, 9.17) is 4.74 Å². The van der Waals surface area contributed by atoms with Gasteiger partial charge in [-0.1, -0.05) is 12.1 Å². The first-order valence-electron chi connectivity index (χ1n) is 9.20. The van der Waals surface area contributed by atoms with Gasteiger partial charge in [0.1, 0.15) is 5.75 Å². The zero-order valence-corrected chi connectivity index (χ0v) is 15.4. The van der Waals surface area contributed by atoms with E-state index in [0.29, 0.717) is 18.7 Å². The smallest absolute Gasteiger partial charge is 0.322 e. The normalized spacial score (nSPS) is 23.7. The van der Waals surface area contributed by atoms with Crippen molar-refractivity contribution in [3.8, 4) is 5.75 Å². The monoisotopic (exact) mass is 372 g/mol. The van der Waals surface area contributed by atoms with Crippen molar-refractivity contribution in [2.24, 2.45) is 0 Å². The van der Waals surface area contributed by atoms with Crippen molar-refractivity contribution in [3.63, 3.8) is 0 Å². The second kappa shape index (κ2) is 7.21. The second-order valence-electron chi connectivity index (χ2n) is 7.07. The van der Waals surface area contributed by atoms with Crippen molar-refractivity contribution in [2.45, 2.75) is 6.04 Å². The van der Waals surface area contributed by atoms with Gasteiger partial charge < -0.3 is 20.1 Å². The van der Waals surface area contributed by atoms with E-state index < -0.39 is 6.04 Å². The predicted octanol–water partition coefficient (Wildman–Crippen LogP) is 0.517. The molecule has 0 unspecified atom stereocenters. The highest BCUT2D eigenvalue weighted by Gasteiger charge is 2.42. The van der Waals surface area contributed by atoms with Crippen LogP contribution in [-0.4, -0.2) is 84.7 Å². The van der Waals surface area contributed by atoms with Gasteiger partial charge in [-0.25, -0.2) is 4.79 Å². The van der Waals surface area contributed by atoms with Crippen molar-refractivity contribution in [1.29, 1.82) is 0 Å². The molecule has 3 heterocycles. The lowest BCUT2D eigenvalue weighted by atomic mass is 9.96. The molecule has 0 aromatic heterocycles. The number of phenols is 1. The molecule has 8 heteroatoms. The molecule has 3 aliphatic rings. The standard InChI is InChI=1S/C19H24N4O4/c1-21-15-12-23(7-6-22-8-10-27-11-9-22)18(25)16(15)17(20-19(21)26)13-2-4-14(24)5-3-13/h2-5,17,24H,6-12H2,1H3,(H,20,26)/t17-/m1/s1. The fourth-order valence-electron chi connectivity index (χ4n) is 3.81. The van der Waals surface area contributed by atoms with Gasteiger partial charge in [-0.3, -0.25) is 14.6 Å². The molecule has 1 fully saturated rings. The number of aromatic hydroxyl groups is 1. The average Bonchev–Trinajstić information content (AvgIpc) is 3.01. The molecule has 1 atom stereocenters. The maximum atomic E-state index is 13.1. The summed E-state index contributed by atoms with van der Waals surface area (Å²) in [5, 5.41) is 12.4. The van der Waals surface area contributed by atoms with Gasteiger partial charge in [-0.05, 0) is 17.7 Å². The Labute approximate surface area is 158 Å². The van der Waals surface area contributed by atoms with E-state index >= 15 is 0 Å². The SMILES string of the molecule is CN1C(=O)N[C@H](c2ccc(O)cc2)C2=C1CN(CCN1CCOCC1)C2=O. The van der Waals surface area contributed by atoms with Gasteiger partial charge in [0.25, 0.3) is 5.91 Å². The van der Waals surface area contributed by atoms with E-state index in [1.165, 1.54) is 4.90 Å². The number of nitrogens with zero attached hydrogens (tertiary/aromatic N) is 3. The van der Waals surface area contributed by atoms with Crippen LogP contribution in [0.3, 0.4) is 0 Å². The summed E-state index contributed by atoms with van der Waals surface area (Å²) in [7, 11) is 1.69. The number of nitrogens with one attached hydrogen (secondary N) is 1. The number of ether oxygens (including phenoxy) is 1. The van der Waals surface area contributed by atoms with Crippen LogP contribution < -0.4 is 5.32 Å². The van der Waals surface area contributed by atoms with Crippen LogP contribution in [0.2, 0.25) is 0 Å². The fraction of sp³-hybridized carbons (Fsp3) is 0.474. The van der Waals surface area contributed by atoms with Crippen molar-refractivity contribution in [1.82, 2.24) is 20.0 Å². The number of likely N-dealkylation sites (N-methyl/N-ethyl adjacent to an activating group) is 1. The zero-order chi connectivity index (χ0) is 19.0. The summed E-state index contributed by atoms with van der Waals surface area (Å²) < 4.78 is 5.37. The van der Waals surface area contributed by atoms with Crippen molar-refractivity contribution in [2.75, 3.05) is 53.0 Å². The van der Waals surface area contributed by atoms with Crippen LogP contribution in [0.1, 0.15) is 11.6 Å². The number of urea groups is 1. The van der Waals surface area contributed by atoms with E-state index in [0.717, 1.165) is 44.1 Å². The molecule has 144 valence electrons. The summed E-state index contributed by atoms with van der Waals surface area (Å²) in [6.45, 7) is 5.08. The van der Waals surface area contributed by atoms with Crippen molar-refractivity contribution >= 4 is 11.9 Å². The molecule has 4 rings (SSSR count). The number of morpholine rings is 1. The van der Waals surface area contributed by atoms with Crippen LogP contribution in [0.5, 0.6) is 5.75 Å². The molecule has 0 bridgehead atoms. The molecule has 2 N–H and O–H groups in total. The van der Waals surface area contributed by atoms with Crippen LogP contribution in [0.15, 0.2) is 35.5 Å². The Bertz CT molecular complexity index is 770. The molecule has 3 amide bonds. The number of hydrogen-bond donors (Lipinski definition) is 2. The number of carbonyl (C=O) groups excluding carboxylic acids is 2. The molecule has 8 nitrogen and oxygen atoms in total. The summed E-state index contributed by atoms with van der Waals surface area (Å²) in [6.07, 6.45) is 0. The van der Waals surface area contributed by atoms with Crippen LogP contribution in [0.4, 0.5) is 4.79 Å². The van der Waals surface area contributed by atoms with E-state index in [1.807, 2.05) is 4.90 Å². The lowest BCUT2D eigenvalue weighted by Crippen LogP contribution is -2.45. The third kappa shape index (κ3) is 3.38. The third-order valence-corrected chi connectivity index (χ3v) is 5.45. The fourth-order valence-corrected chi connectivity index (χ4v) is 3.81. The summed E-state index contributed by atoms with van der Waals surface area (Å²) in [4.78, 5) is 31.1. The van der Waals surface area contributed by atoms with E-state index in [-0.39, 0.29) is 17.7 Å². The number of phenolic OH excluding ortho intramolecular Hbond substituents is 1. The Balaban J connectivity index is 1.53. The summed E-state index contributed by atoms with van der Waals surface area (Å²) in [6, 6.07) is 5.88. The first-order chi connectivity index (χ1) is 13.0. The molecule has 0 radical (unpaired) electrons. The largest absolute Gasteiger partial charge is 0.508 e. The number of benzene rings is 1. The summed E-state index contributed by atoms with van der Waals surface area (Å²) >= 11 is 0. The first kappa shape index (κ1) is 17.8. The van der Waals surface area contributed by atoms with Gasteiger partial charge in [0.05, 0.1) is 37.1 Å². The molecule has 3 aliphatic heterocycles. The van der Waals surface area contributed by atoms with Crippen molar-refractivity contribution in [3.05, 3.63) is 41.1 Å². The molecular formula is C19H24N4O4. The minimum Gasteiger partial charge on any atom is -0.508 e. The minimum atomic E-state index is -0.495. The Hall–Kier alpha value is -2.58. The quantitative estimate of drug-likeness (QED) is 0.805. The molecule has 1 aromatic rings. The Morgan fingerprint density at radius 2 is 1.85 bits per heavy atom. The number of rotatable bonds is 4. The summed E-state index contributed by atoms with van der Waals surface area (Å²) in [5.41, 5.74) is 2.15. The van der Waals surface area contributed by atoms with Crippen LogP contribution in [-0.2, 0) is 9.53 Å². The van der Waals surface area contributed by atoms with Crippen LogP contribution in [0, 0.1) is 0 Å². The minimum absolute atomic E-state index is 0.0387. The van der Waals surface area contributed by atoms with Gasteiger partial charge in [-0.2, -0.15) is 0 Å². The maximum Gasteiger partial charge on any atom is 0.322 e. The molecular weight excluding hydrogens is 348 g/mol.